The van der Waals surface area contributed by atoms with Crippen LogP contribution >= 0.6 is 0 Å². The Kier molecular flexibility index (Phi) is 3.55. The molecule has 0 aromatic carbocycles. The van der Waals surface area contributed by atoms with Crippen molar-refractivity contribution < 1.29 is 0 Å². The van der Waals surface area contributed by atoms with Crippen molar-refractivity contribution in [1.29, 1.82) is 5.26 Å². The average molecular weight is 166 g/mol. The minimum Gasteiger partial charge on any atom is -0.288 e. The van der Waals surface area contributed by atoms with Gasteiger partial charge in [0, 0.05) is 0 Å². The maximum absolute atomic E-state index is 8.94. The lowest BCUT2D eigenvalue weighted by atomic mass is 10.0. The number of hydrogen-bond donors (Lipinski definition) is 0. The molecule has 0 aromatic rings. The first-order valence-corrected chi connectivity index (χ1v) is 4.87. The number of rotatable bonds is 3. The van der Waals surface area contributed by atoms with Crippen molar-refractivity contribution in [2.75, 3.05) is 13.1 Å². The lowest BCUT2D eigenvalue weighted by molar-refractivity contribution is 0.258. The maximum atomic E-state index is 8.94. The highest BCUT2D eigenvalue weighted by Gasteiger charge is 2.21. The minimum atomic E-state index is 0.174. The molecule has 1 atom stereocenters. The number of likely N-dealkylation sites (tertiary alicyclic amines) is 1. The maximum Gasteiger partial charge on any atom is 0.0980 e. The van der Waals surface area contributed by atoms with Crippen molar-refractivity contribution >= 4 is 0 Å². The third-order valence-corrected chi connectivity index (χ3v) is 2.43. The molecule has 2 nitrogen and oxygen atoms in total. The van der Waals surface area contributed by atoms with Crippen molar-refractivity contribution in [1.82, 2.24) is 4.90 Å². The van der Waals surface area contributed by atoms with Crippen LogP contribution in [0.3, 0.4) is 0 Å². The van der Waals surface area contributed by atoms with Crippen LogP contribution in [0.5, 0.6) is 0 Å². The van der Waals surface area contributed by atoms with E-state index in [4.69, 9.17) is 5.26 Å². The van der Waals surface area contributed by atoms with E-state index in [2.05, 4.69) is 24.8 Å². The lowest BCUT2D eigenvalue weighted by Crippen LogP contribution is -2.32. The zero-order valence-electron chi connectivity index (χ0n) is 8.08. The van der Waals surface area contributed by atoms with Crippen molar-refractivity contribution in [2.45, 2.75) is 39.2 Å². The molecule has 0 aromatic heterocycles. The molecule has 1 fully saturated rings. The van der Waals surface area contributed by atoms with Crippen LogP contribution in [0.15, 0.2) is 0 Å². The molecule has 0 aliphatic carbocycles. The van der Waals surface area contributed by atoms with Gasteiger partial charge >= 0.3 is 0 Å². The van der Waals surface area contributed by atoms with Crippen molar-refractivity contribution in [2.24, 2.45) is 5.92 Å². The van der Waals surface area contributed by atoms with Crippen LogP contribution < -0.4 is 0 Å². The highest BCUT2D eigenvalue weighted by molar-refractivity contribution is 4.93. The van der Waals surface area contributed by atoms with Crippen LogP contribution in [0.2, 0.25) is 0 Å². The fourth-order valence-corrected chi connectivity index (χ4v) is 1.78. The zero-order valence-corrected chi connectivity index (χ0v) is 8.08. The van der Waals surface area contributed by atoms with Gasteiger partial charge in [-0.2, -0.15) is 5.26 Å². The first-order chi connectivity index (χ1) is 5.74. The lowest BCUT2D eigenvalue weighted by Gasteiger charge is -2.22. The van der Waals surface area contributed by atoms with Gasteiger partial charge in [0.15, 0.2) is 0 Å². The van der Waals surface area contributed by atoms with E-state index in [1.165, 1.54) is 12.8 Å². The molecule has 1 heterocycles. The zero-order chi connectivity index (χ0) is 8.97. The van der Waals surface area contributed by atoms with Crippen LogP contribution in [0.1, 0.15) is 33.1 Å². The van der Waals surface area contributed by atoms with E-state index in [1.807, 2.05) is 0 Å². The van der Waals surface area contributed by atoms with Crippen molar-refractivity contribution in [3.8, 4) is 6.07 Å². The molecule has 1 saturated heterocycles. The van der Waals surface area contributed by atoms with Gasteiger partial charge in [-0.3, -0.25) is 4.90 Å². The van der Waals surface area contributed by atoms with Crippen LogP contribution in [-0.2, 0) is 0 Å². The molecular weight excluding hydrogens is 148 g/mol. The molecule has 0 bridgehead atoms. The summed E-state index contributed by atoms with van der Waals surface area (Å²) >= 11 is 0. The molecule has 1 aliphatic heterocycles. The summed E-state index contributed by atoms with van der Waals surface area (Å²) in [6.07, 6.45) is 3.57. The number of nitriles is 1. The van der Waals surface area contributed by atoms with Gasteiger partial charge in [0.2, 0.25) is 0 Å². The van der Waals surface area contributed by atoms with Gasteiger partial charge < -0.3 is 0 Å². The number of hydrogen-bond acceptors (Lipinski definition) is 2. The Morgan fingerprint density at radius 3 is 2.33 bits per heavy atom. The standard InChI is InChI=1S/C10H18N2/c1-9(2)7-10(8-11)12-5-3-4-6-12/h9-10H,3-7H2,1-2H3. The first kappa shape index (κ1) is 9.54. The van der Waals surface area contributed by atoms with Gasteiger partial charge in [0.05, 0.1) is 12.1 Å². The van der Waals surface area contributed by atoms with E-state index in [9.17, 15) is 0 Å². The summed E-state index contributed by atoms with van der Waals surface area (Å²) in [5.74, 6) is 0.634. The molecule has 0 amide bonds. The van der Waals surface area contributed by atoms with E-state index in [1.54, 1.807) is 0 Å². The molecule has 1 aliphatic rings. The second-order valence-corrected chi connectivity index (χ2v) is 4.02. The molecule has 1 unspecified atom stereocenters. The summed E-state index contributed by atoms with van der Waals surface area (Å²) in [7, 11) is 0. The fraction of sp³-hybridized carbons (Fsp3) is 0.900. The first-order valence-electron chi connectivity index (χ1n) is 4.87. The Bertz CT molecular complexity index is 163. The smallest absolute Gasteiger partial charge is 0.0980 e. The summed E-state index contributed by atoms with van der Waals surface area (Å²) < 4.78 is 0. The van der Waals surface area contributed by atoms with Gasteiger partial charge in [0.1, 0.15) is 0 Å². The molecule has 1 rings (SSSR count). The predicted octanol–water partition coefficient (Wildman–Crippen LogP) is 2.02. The van der Waals surface area contributed by atoms with E-state index in [0.29, 0.717) is 5.92 Å². The molecule has 0 spiro atoms. The van der Waals surface area contributed by atoms with Crippen LogP contribution in [0, 0.1) is 17.2 Å². The second-order valence-electron chi connectivity index (χ2n) is 4.02. The molecular formula is C10H18N2. The molecule has 12 heavy (non-hydrogen) atoms. The van der Waals surface area contributed by atoms with E-state index in [0.717, 1.165) is 19.5 Å². The van der Waals surface area contributed by atoms with Crippen LogP contribution in [0.4, 0.5) is 0 Å². The van der Waals surface area contributed by atoms with Gasteiger partial charge in [-0.15, -0.1) is 0 Å². The van der Waals surface area contributed by atoms with Gasteiger partial charge in [-0.05, 0) is 38.3 Å². The normalized spacial score (nSPS) is 21.2. The fourth-order valence-electron chi connectivity index (χ4n) is 1.78. The molecule has 0 saturated carbocycles. The highest BCUT2D eigenvalue weighted by atomic mass is 15.2. The van der Waals surface area contributed by atoms with Crippen LogP contribution in [0.25, 0.3) is 0 Å². The molecule has 2 heteroatoms. The largest absolute Gasteiger partial charge is 0.288 e. The molecule has 0 radical (unpaired) electrons. The van der Waals surface area contributed by atoms with Gasteiger partial charge in [-0.1, -0.05) is 13.8 Å². The highest BCUT2D eigenvalue weighted by Crippen LogP contribution is 2.16. The quantitative estimate of drug-likeness (QED) is 0.641. The van der Waals surface area contributed by atoms with E-state index in [-0.39, 0.29) is 6.04 Å². The van der Waals surface area contributed by atoms with E-state index >= 15 is 0 Å². The van der Waals surface area contributed by atoms with Crippen molar-refractivity contribution in [3.05, 3.63) is 0 Å². The summed E-state index contributed by atoms with van der Waals surface area (Å²) in [4.78, 5) is 2.32. The Labute approximate surface area is 75.2 Å². The molecule has 68 valence electrons. The van der Waals surface area contributed by atoms with Crippen molar-refractivity contribution in [3.63, 3.8) is 0 Å². The Morgan fingerprint density at radius 1 is 1.33 bits per heavy atom. The van der Waals surface area contributed by atoms with Crippen LogP contribution in [-0.4, -0.2) is 24.0 Å². The Morgan fingerprint density at radius 2 is 1.92 bits per heavy atom. The summed E-state index contributed by atoms with van der Waals surface area (Å²) in [6, 6.07) is 2.57. The Balaban J connectivity index is 2.39. The van der Waals surface area contributed by atoms with Gasteiger partial charge in [-0.25, -0.2) is 0 Å². The SMILES string of the molecule is CC(C)CC(C#N)N1CCCC1. The Hall–Kier alpha value is -0.550. The third-order valence-electron chi connectivity index (χ3n) is 2.43. The monoisotopic (exact) mass is 166 g/mol. The number of nitrogens with zero attached hydrogens (tertiary/aromatic N) is 2. The second kappa shape index (κ2) is 4.47. The summed E-state index contributed by atoms with van der Waals surface area (Å²) in [6.45, 7) is 6.62. The third kappa shape index (κ3) is 2.49. The topological polar surface area (TPSA) is 27.0 Å². The average Bonchev–Trinajstić information content (AvgIpc) is 2.51. The van der Waals surface area contributed by atoms with Gasteiger partial charge in [0.25, 0.3) is 0 Å². The summed E-state index contributed by atoms with van der Waals surface area (Å²) in [5, 5.41) is 8.94. The van der Waals surface area contributed by atoms with E-state index < -0.39 is 0 Å². The minimum absolute atomic E-state index is 0.174. The predicted molar refractivity (Wildman–Crippen MR) is 49.7 cm³/mol. The molecule has 0 N–H and O–H groups in total. The summed E-state index contributed by atoms with van der Waals surface area (Å²) in [5.41, 5.74) is 0.